The molecule has 0 spiro atoms. The van der Waals surface area contributed by atoms with E-state index < -0.39 is 0 Å². The van der Waals surface area contributed by atoms with Crippen molar-refractivity contribution < 1.29 is 14.3 Å². The number of ether oxygens (including phenoxy) is 2. The number of morpholine rings is 1. The number of nitrogens with zero attached hydrogens (tertiary/aromatic N) is 8. The van der Waals surface area contributed by atoms with Crippen LogP contribution < -0.4 is 14.5 Å². The molecule has 12 nitrogen and oxygen atoms in total. The van der Waals surface area contributed by atoms with Crippen LogP contribution in [-0.4, -0.2) is 121 Å². The van der Waals surface area contributed by atoms with Gasteiger partial charge in [0.25, 0.3) is 0 Å². The van der Waals surface area contributed by atoms with Crippen LogP contribution in [0.3, 0.4) is 0 Å². The van der Waals surface area contributed by atoms with Crippen LogP contribution in [0, 0.1) is 18.3 Å². The third kappa shape index (κ3) is 5.97. The summed E-state index contributed by atoms with van der Waals surface area (Å²) in [6, 6.07) is 7.00. The fourth-order valence-electron chi connectivity index (χ4n) is 7.33. The van der Waals surface area contributed by atoms with Crippen molar-refractivity contribution in [3.05, 3.63) is 53.0 Å². The number of H-pyrrole nitrogens is 1. The molecule has 46 heavy (non-hydrogen) atoms. The number of fused-ring (bicyclic) bond motifs is 2. The van der Waals surface area contributed by atoms with Crippen LogP contribution in [0.5, 0.6) is 5.88 Å². The average molecular weight is 626 g/mol. The number of carbonyl (C=O) groups excluding carboxylic acids is 1. The minimum atomic E-state index is 0.0209. The van der Waals surface area contributed by atoms with Gasteiger partial charge in [-0.05, 0) is 51.4 Å². The van der Waals surface area contributed by atoms with E-state index in [1.807, 2.05) is 17.3 Å². The number of piperazine rings is 1. The van der Waals surface area contributed by atoms with Gasteiger partial charge in [-0.3, -0.25) is 9.89 Å². The van der Waals surface area contributed by atoms with Gasteiger partial charge in [0.05, 0.1) is 48.5 Å². The maximum Gasteiger partial charge on any atom is 0.248 e. The van der Waals surface area contributed by atoms with E-state index in [1.54, 1.807) is 6.08 Å². The second kappa shape index (κ2) is 13.2. The van der Waals surface area contributed by atoms with Gasteiger partial charge >= 0.3 is 0 Å². The standard InChI is InChI=1S/C34H43N9O3/c1-24-5-6-29-28(21-36-38-29)32(24)43-11-7-26-30(22-43)37-34(46-23-25-4-3-9-39(25)2)27(20-35)33(26)42-14-12-41(13-15-42)31(44)8-10-40-16-18-45-19-17-40/h5-6,8,10,21,25H,3-4,7,9,11-19,22-23H2,1-2H3,(H,36,38). The Balaban J connectivity index is 1.16. The second-order valence-corrected chi connectivity index (χ2v) is 12.8. The number of nitriles is 1. The van der Waals surface area contributed by atoms with Crippen LogP contribution in [0.25, 0.3) is 10.9 Å². The summed E-state index contributed by atoms with van der Waals surface area (Å²) in [4.78, 5) is 29.1. The quantitative estimate of drug-likeness (QED) is 0.393. The lowest BCUT2D eigenvalue weighted by atomic mass is 9.97. The molecule has 4 aliphatic rings. The lowest BCUT2D eigenvalue weighted by molar-refractivity contribution is -0.126. The number of likely N-dealkylation sites (tertiary alicyclic amines) is 1. The molecule has 0 aliphatic carbocycles. The van der Waals surface area contributed by atoms with Crippen LogP contribution in [0.15, 0.2) is 30.6 Å². The molecule has 0 saturated carbocycles. The zero-order valence-corrected chi connectivity index (χ0v) is 26.9. The van der Waals surface area contributed by atoms with Crippen molar-refractivity contribution in [1.29, 1.82) is 5.26 Å². The number of aryl methyl sites for hydroxylation is 1. The average Bonchev–Trinajstić information content (AvgIpc) is 3.74. The van der Waals surface area contributed by atoms with E-state index in [4.69, 9.17) is 14.5 Å². The van der Waals surface area contributed by atoms with Crippen molar-refractivity contribution in [2.75, 3.05) is 89.0 Å². The van der Waals surface area contributed by atoms with Gasteiger partial charge in [-0.25, -0.2) is 4.98 Å². The van der Waals surface area contributed by atoms with Gasteiger partial charge < -0.3 is 34.0 Å². The number of amides is 1. The van der Waals surface area contributed by atoms with Gasteiger partial charge in [0.2, 0.25) is 11.8 Å². The molecular weight excluding hydrogens is 582 g/mol. The minimum absolute atomic E-state index is 0.0209. The Hall–Kier alpha value is -4.34. The zero-order valence-electron chi connectivity index (χ0n) is 26.9. The van der Waals surface area contributed by atoms with Crippen molar-refractivity contribution >= 4 is 28.2 Å². The van der Waals surface area contributed by atoms with Crippen LogP contribution in [0.4, 0.5) is 11.4 Å². The van der Waals surface area contributed by atoms with Crippen molar-refractivity contribution in [2.24, 2.45) is 0 Å². The zero-order chi connectivity index (χ0) is 31.6. The minimum Gasteiger partial charge on any atom is -0.475 e. The Morgan fingerprint density at radius 3 is 2.70 bits per heavy atom. The molecule has 3 fully saturated rings. The van der Waals surface area contributed by atoms with Gasteiger partial charge in [-0.2, -0.15) is 10.4 Å². The first-order chi connectivity index (χ1) is 22.5. The molecule has 1 amide bonds. The maximum absolute atomic E-state index is 13.1. The highest BCUT2D eigenvalue weighted by atomic mass is 16.5. The van der Waals surface area contributed by atoms with Gasteiger partial charge in [0, 0.05) is 75.1 Å². The number of pyridine rings is 1. The molecule has 0 bridgehead atoms. The number of carbonyl (C=O) groups is 1. The number of aromatic nitrogens is 3. The SMILES string of the molecule is Cc1ccc2[nH]ncc2c1N1CCc2c(nc(OCC3CCCN3C)c(C#N)c2N2CCN(C(=O)C=CN3CCOCC3)CC2)C1. The van der Waals surface area contributed by atoms with Crippen molar-refractivity contribution in [2.45, 2.75) is 38.8 Å². The number of aromatic amines is 1. The first-order valence-electron chi connectivity index (χ1n) is 16.5. The largest absolute Gasteiger partial charge is 0.475 e. The van der Waals surface area contributed by atoms with Crippen LogP contribution in [0.1, 0.15) is 35.2 Å². The number of hydrogen-bond acceptors (Lipinski definition) is 10. The normalized spacial score (nSPS) is 20.8. The summed E-state index contributed by atoms with van der Waals surface area (Å²) in [6.45, 7) is 10.6. The summed E-state index contributed by atoms with van der Waals surface area (Å²) in [6.07, 6.45) is 8.46. The van der Waals surface area contributed by atoms with Gasteiger partial charge in [0.1, 0.15) is 18.2 Å². The summed E-state index contributed by atoms with van der Waals surface area (Å²) in [5, 5.41) is 19.1. The topological polar surface area (TPSA) is 117 Å². The molecule has 0 radical (unpaired) electrons. The fraction of sp³-hybridized carbons (Fsp3) is 0.529. The van der Waals surface area contributed by atoms with Gasteiger partial charge in [0.15, 0.2) is 0 Å². The predicted molar refractivity (Wildman–Crippen MR) is 176 cm³/mol. The van der Waals surface area contributed by atoms with Crippen molar-refractivity contribution in [3.8, 4) is 11.9 Å². The molecule has 1 N–H and O–H groups in total. The summed E-state index contributed by atoms with van der Waals surface area (Å²) < 4.78 is 11.8. The summed E-state index contributed by atoms with van der Waals surface area (Å²) in [5.74, 6) is 0.441. The van der Waals surface area contributed by atoms with Gasteiger partial charge in [-0.1, -0.05) is 6.07 Å². The number of benzene rings is 1. The molecule has 4 aliphatic heterocycles. The molecule has 6 heterocycles. The Morgan fingerprint density at radius 1 is 1.11 bits per heavy atom. The molecule has 1 unspecified atom stereocenters. The number of likely N-dealkylation sites (N-methyl/N-ethyl adjacent to an activating group) is 1. The predicted octanol–water partition coefficient (Wildman–Crippen LogP) is 2.67. The monoisotopic (exact) mass is 625 g/mol. The molecule has 3 saturated heterocycles. The Kier molecular flexibility index (Phi) is 8.69. The molecule has 2 aromatic heterocycles. The highest BCUT2D eigenvalue weighted by Crippen LogP contribution is 2.39. The van der Waals surface area contributed by atoms with E-state index >= 15 is 0 Å². The summed E-state index contributed by atoms with van der Waals surface area (Å²) in [5.41, 5.74) is 6.86. The first-order valence-corrected chi connectivity index (χ1v) is 16.5. The van der Waals surface area contributed by atoms with E-state index in [0.717, 1.165) is 79.0 Å². The van der Waals surface area contributed by atoms with E-state index in [-0.39, 0.29) is 5.91 Å². The Bertz CT molecular complexity index is 1650. The molecule has 242 valence electrons. The molecule has 1 atom stereocenters. The third-order valence-electron chi connectivity index (χ3n) is 9.98. The number of anilines is 2. The number of hydrogen-bond donors (Lipinski definition) is 1. The lowest BCUT2D eigenvalue weighted by Crippen LogP contribution is -2.49. The summed E-state index contributed by atoms with van der Waals surface area (Å²) >= 11 is 0. The van der Waals surface area contributed by atoms with Crippen LogP contribution in [0.2, 0.25) is 0 Å². The number of rotatable bonds is 7. The smallest absolute Gasteiger partial charge is 0.248 e. The highest BCUT2D eigenvalue weighted by molar-refractivity contribution is 5.93. The van der Waals surface area contributed by atoms with E-state index in [0.29, 0.717) is 70.0 Å². The Labute approximate surface area is 270 Å². The van der Waals surface area contributed by atoms with E-state index in [1.165, 1.54) is 5.56 Å². The molecule has 7 rings (SSSR count). The summed E-state index contributed by atoms with van der Waals surface area (Å²) in [7, 11) is 2.13. The molecular formula is C34H43N9O3. The van der Waals surface area contributed by atoms with Gasteiger partial charge in [-0.15, -0.1) is 0 Å². The lowest BCUT2D eigenvalue weighted by Gasteiger charge is -2.39. The van der Waals surface area contributed by atoms with Crippen LogP contribution in [-0.2, 0) is 22.5 Å². The molecule has 12 heteroatoms. The third-order valence-corrected chi connectivity index (χ3v) is 9.98. The van der Waals surface area contributed by atoms with Crippen molar-refractivity contribution in [3.63, 3.8) is 0 Å². The maximum atomic E-state index is 13.1. The Morgan fingerprint density at radius 2 is 1.93 bits per heavy atom. The second-order valence-electron chi connectivity index (χ2n) is 12.8. The molecule has 3 aromatic rings. The van der Waals surface area contributed by atoms with E-state index in [2.05, 4.69) is 62.0 Å². The fourth-order valence-corrected chi connectivity index (χ4v) is 7.33. The van der Waals surface area contributed by atoms with Crippen molar-refractivity contribution in [1.82, 2.24) is 29.9 Å². The highest BCUT2D eigenvalue weighted by Gasteiger charge is 2.32. The first kappa shape index (κ1) is 30.3. The molecule has 1 aromatic carbocycles. The number of nitrogens with one attached hydrogen (secondary N) is 1. The van der Waals surface area contributed by atoms with Crippen LogP contribution >= 0.6 is 0 Å². The van der Waals surface area contributed by atoms with E-state index in [9.17, 15) is 10.1 Å².